The van der Waals surface area contributed by atoms with Crippen LogP contribution in [0.5, 0.6) is 5.75 Å². The van der Waals surface area contributed by atoms with Gasteiger partial charge >= 0.3 is 6.03 Å². The normalized spacial score (nSPS) is 9.69. The lowest BCUT2D eigenvalue weighted by Crippen LogP contribution is -2.24. The number of carbonyl (C=O) groups is 1. The van der Waals surface area contributed by atoms with Crippen LogP contribution in [0.2, 0.25) is 5.02 Å². The number of hydrogen-bond donors (Lipinski definition) is 2. The average molecular weight is 263 g/mol. The molecule has 0 saturated carbocycles. The zero-order valence-corrected chi connectivity index (χ0v) is 10.2. The van der Waals surface area contributed by atoms with Gasteiger partial charge in [0.15, 0.2) is 0 Å². The van der Waals surface area contributed by atoms with E-state index in [1.165, 1.54) is 7.05 Å². The van der Waals surface area contributed by atoms with E-state index in [4.69, 9.17) is 27.9 Å². The first-order chi connectivity index (χ1) is 7.67. The van der Waals surface area contributed by atoms with E-state index >= 15 is 0 Å². The summed E-state index contributed by atoms with van der Waals surface area (Å²) in [6.45, 7) is 0.366. The fourth-order valence-electron chi connectivity index (χ4n) is 1.03. The van der Waals surface area contributed by atoms with E-state index in [0.717, 1.165) is 0 Å². The fourth-order valence-corrected chi connectivity index (χ4v) is 1.28. The Morgan fingerprint density at radius 3 is 2.88 bits per heavy atom. The van der Waals surface area contributed by atoms with Gasteiger partial charge in [0.2, 0.25) is 0 Å². The maximum absolute atomic E-state index is 11.1. The lowest BCUT2D eigenvalue weighted by Gasteiger charge is -2.09. The summed E-state index contributed by atoms with van der Waals surface area (Å²) >= 11 is 11.4. The third-order valence-electron chi connectivity index (χ3n) is 1.75. The molecule has 0 saturated heterocycles. The van der Waals surface area contributed by atoms with Crippen molar-refractivity contribution in [2.24, 2.45) is 0 Å². The highest BCUT2D eigenvalue weighted by molar-refractivity contribution is 6.32. The zero-order valence-electron chi connectivity index (χ0n) is 8.72. The SMILES string of the molecule is CNC(=O)Nc1ccc(Cl)c(OCCCl)c1. The number of amides is 2. The Balaban J connectivity index is 2.76. The molecule has 0 aliphatic rings. The summed E-state index contributed by atoms with van der Waals surface area (Å²) in [5, 5.41) is 5.54. The van der Waals surface area contributed by atoms with Gasteiger partial charge in [-0.25, -0.2) is 4.79 Å². The number of carbonyl (C=O) groups excluding carboxylic acids is 1. The van der Waals surface area contributed by atoms with Crippen molar-refractivity contribution in [2.75, 3.05) is 24.9 Å². The molecule has 0 aliphatic heterocycles. The van der Waals surface area contributed by atoms with Crippen LogP contribution in [-0.4, -0.2) is 25.6 Å². The summed E-state index contributed by atoms with van der Waals surface area (Å²) in [4.78, 5) is 11.1. The van der Waals surface area contributed by atoms with Crippen LogP contribution in [0.4, 0.5) is 10.5 Å². The summed E-state index contributed by atoms with van der Waals surface area (Å²) in [6, 6.07) is 4.68. The summed E-state index contributed by atoms with van der Waals surface area (Å²) in [5.74, 6) is 0.875. The highest BCUT2D eigenvalue weighted by Crippen LogP contribution is 2.27. The van der Waals surface area contributed by atoms with Crippen LogP contribution in [0.3, 0.4) is 0 Å². The molecule has 1 aromatic rings. The van der Waals surface area contributed by atoms with Gasteiger partial charge in [-0.3, -0.25) is 0 Å². The Bertz CT molecular complexity index is 372. The highest BCUT2D eigenvalue weighted by atomic mass is 35.5. The van der Waals surface area contributed by atoms with Crippen molar-refractivity contribution in [2.45, 2.75) is 0 Å². The number of hydrogen-bond acceptors (Lipinski definition) is 2. The van der Waals surface area contributed by atoms with E-state index in [2.05, 4.69) is 10.6 Å². The quantitative estimate of drug-likeness (QED) is 0.820. The minimum absolute atomic E-state index is 0.300. The molecule has 6 heteroatoms. The second-order valence-electron chi connectivity index (χ2n) is 2.89. The number of nitrogens with one attached hydrogen (secondary N) is 2. The minimum atomic E-state index is -0.300. The first-order valence-corrected chi connectivity index (χ1v) is 5.55. The van der Waals surface area contributed by atoms with Gasteiger partial charge in [-0.1, -0.05) is 11.6 Å². The predicted octanol–water partition coefficient (Wildman–Crippen LogP) is 2.71. The average Bonchev–Trinajstić information content (AvgIpc) is 2.29. The van der Waals surface area contributed by atoms with E-state index in [-0.39, 0.29) is 6.03 Å². The van der Waals surface area contributed by atoms with Crippen LogP contribution < -0.4 is 15.4 Å². The van der Waals surface area contributed by atoms with Crippen molar-refractivity contribution < 1.29 is 9.53 Å². The monoisotopic (exact) mass is 262 g/mol. The molecule has 2 amide bonds. The molecule has 0 radical (unpaired) electrons. The molecule has 0 unspecified atom stereocenters. The summed E-state index contributed by atoms with van der Waals surface area (Å²) in [5.41, 5.74) is 0.605. The van der Waals surface area contributed by atoms with E-state index in [1.807, 2.05) is 0 Å². The molecule has 88 valence electrons. The molecular formula is C10H12Cl2N2O2. The van der Waals surface area contributed by atoms with Gasteiger partial charge in [-0.15, -0.1) is 11.6 Å². The van der Waals surface area contributed by atoms with Crippen LogP contribution in [0.1, 0.15) is 0 Å². The second-order valence-corrected chi connectivity index (χ2v) is 3.67. The number of anilines is 1. The van der Waals surface area contributed by atoms with E-state index in [9.17, 15) is 4.79 Å². The largest absolute Gasteiger partial charge is 0.491 e. The number of halogens is 2. The van der Waals surface area contributed by atoms with Gasteiger partial charge in [-0.05, 0) is 12.1 Å². The molecular weight excluding hydrogens is 251 g/mol. The second kappa shape index (κ2) is 6.45. The summed E-state index contributed by atoms with van der Waals surface area (Å²) in [6.07, 6.45) is 0. The molecule has 16 heavy (non-hydrogen) atoms. The zero-order chi connectivity index (χ0) is 12.0. The van der Waals surface area contributed by atoms with Crippen LogP contribution in [-0.2, 0) is 0 Å². The summed E-state index contributed by atoms with van der Waals surface area (Å²) < 4.78 is 5.31. The fraction of sp³-hybridized carbons (Fsp3) is 0.300. The van der Waals surface area contributed by atoms with E-state index in [1.54, 1.807) is 18.2 Å². The van der Waals surface area contributed by atoms with Crippen molar-refractivity contribution in [3.8, 4) is 5.75 Å². The lowest BCUT2D eigenvalue weighted by molar-refractivity contribution is 0.254. The predicted molar refractivity (Wildman–Crippen MR) is 65.7 cm³/mol. The highest BCUT2D eigenvalue weighted by Gasteiger charge is 2.05. The van der Waals surface area contributed by atoms with Crippen molar-refractivity contribution in [1.29, 1.82) is 0 Å². The van der Waals surface area contributed by atoms with Crippen LogP contribution in [0.15, 0.2) is 18.2 Å². The van der Waals surface area contributed by atoms with E-state index in [0.29, 0.717) is 28.9 Å². The Morgan fingerprint density at radius 2 is 2.25 bits per heavy atom. The minimum Gasteiger partial charge on any atom is -0.491 e. The molecule has 0 bridgehead atoms. The lowest BCUT2D eigenvalue weighted by atomic mass is 10.3. The van der Waals surface area contributed by atoms with Gasteiger partial charge < -0.3 is 15.4 Å². The van der Waals surface area contributed by atoms with Crippen molar-refractivity contribution in [1.82, 2.24) is 5.32 Å². The van der Waals surface area contributed by atoms with Gasteiger partial charge in [0.05, 0.1) is 10.9 Å². The van der Waals surface area contributed by atoms with Crippen molar-refractivity contribution in [3.63, 3.8) is 0 Å². The number of ether oxygens (including phenoxy) is 1. The standard InChI is InChI=1S/C10H12Cl2N2O2/c1-13-10(15)14-7-2-3-8(12)9(6-7)16-5-4-11/h2-3,6H,4-5H2,1H3,(H2,13,14,15). The topological polar surface area (TPSA) is 50.4 Å². The van der Waals surface area contributed by atoms with Crippen LogP contribution >= 0.6 is 23.2 Å². The third-order valence-corrected chi connectivity index (χ3v) is 2.22. The van der Waals surface area contributed by atoms with E-state index < -0.39 is 0 Å². The van der Waals surface area contributed by atoms with Gasteiger partial charge in [-0.2, -0.15) is 0 Å². The van der Waals surface area contributed by atoms with Crippen molar-refractivity contribution >= 4 is 34.9 Å². The first kappa shape index (κ1) is 12.9. The number of rotatable bonds is 4. The maximum atomic E-state index is 11.1. The Labute approximate surface area is 104 Å². The molecule has 4 nitrogen and oxygen atoms in total. The maximum Gasteiger partial charge on any atom is 0.318 e. The van der Waals surface area contributed by atoms with Gasteiger partial charge in [0.25, 0.3) is 0 Å². The molecule has 0 aliphatic carbocycles. The molecule has 2 N–H and O–H groups in total. The number of urea groups is 1. The molecule has 0 aromatic heterocycles. The first-order valence-electron chi connectivity index (χ1n) is 4.64. The van der Waals surface area contributed by atoms with Gasteiger partial charge in [0, 0.05) is 18.8 Å². The van der Waals surface area contributed by atoms with Crippen LogP contribution in [0.25, 0.3) is 0 Å². The molecule has 1 aromatic carbocycles. The smallest absolute Gasteiger partial charge is 0.318 e. The number of alkyl halides is 1. The van der Waals surface area contributed by atoms with Crippen molar-refractivity contribution in [3.05, 3.63) is 23.2 Å². The Morgan fingerprint density at radius 1 is 1.50 bits per heavy atom. The molecule has 0 heterocycles. The molecule has 0 atom stereocenters. The Hall–Kier alpha value is -1.13. The van der Waals surface area contributed by atoms with Crippen LogP contribution in [0, 0.1) is 0 Å². The third kappa shape index (κ3) is 3.79. The Kier molecular flexibility index (Phi) is 5.22. The van der Waals surface area contributed by atoms with Gasteiger partial charge in [0.1, 0.15) is 12.4 Å². The molecule has 0 fully saturated rings. The molecule has 0 spiro atoms. The summed E-state index contributed by atoms with van der Waals surface area (Å²) in [7, 11) is 1.54. The molecule has 1 rings (SSSR count). The number of benzene rings is 1.